The van der Waals surface area contributed by atoms with Crippen molar-refractivity contribution in [2.24, 2.45) is 5.10 Å². The summed E-state index contributed by atoms with van der Waals surface area (Å²) >= 11 is 0. The van der Waals surface area contributed by atoms with Gasteiger partial charge in [-0.1, -0.05) is 18.2 Å². The van der Waals surface area contributed by atoms with Gasteiger partial charge in [0.2, 0.25) is 0 Å². The third-order valence-electron chi connectivity index (χ3n) is 4.20. The van der Waals surface area contributed by atoms with Crippen molar-refractivity contribution in [3.63, 3.8) is 0 Å². The average molecular weight is 419 g/mol. The molecule has 8 nitrogen and oxygen atoms in total. The van der Waals surface area contributed by atoms with Crippen LogP contribution in [0.15, 0.2) is 70.2 Å². The van der Waals surface area contributed by atoms with Crippen LogP contribution in [0.5, 0.6) is 5.75 Å². The van der Waals surface area contributed by atoms with Gasteiger partial charge in [-0.05, 0) is 67.5 Å². The highest BCUT2D eigenvalue weighted by atomic mass is 16.6. The third kappa shape index (κ3) is 6.14. The summed E-state index contributed by atoms with van der Waals surface area (Å²) in [5, 5.41) is 14.8. The Morgan fingerprint density at radius 2 is 1.90 bits per heavy atom. The van der Waals surface area contributed by atoms with Crippen molar-refractivity contribution < 1.29 is 18.9 Å². The second-order valence-corrected chi connectivity index (χ2v) is 6.77. The second-order valence-electron chi connectivity index (χ2n) is 6.77. The molecule has 0 atom stereocenters. The highest BCUT2D eigenvalue weighted by molar-refractivity contribution is 5.92. The summed E-state index contributed by atoms with van der Waals surface area (Å²) in [4.78, 5) is 22.6. The number of aryl methyl sites for hydroxylation is 2. The SMILES string of the molecule is Cc1cc(C)cc(OCc2ccc(C(=O)NN=C/C=C\c3ccccc3[N+](=O)[O-])o2)c1. The number of hydrogen-bond donors (Lipinski definition) is 1. The van der Waals surface area contributed by atoms with E-state index in [2.05, 4.69) is 16.6 Å². The number of nitro groups is 1. The maximum atomic E-state index is 12.1. The maximum Gasteiger partial charge on any atom is 0.307 e. The van der Waals surface area contributed by atoms with Crippen molar-refractivity contribution in [1.82, 2.24) is 5.43 Å². The molecule has 1 aromatic heterocycles. The second kappa shape index (κ2) is 10.0. The molecule has 0 fully saturated rings. The molecule has 158 valence electrons. The van der Waals surface area contributed by atoms with E-state index in [1.807, 2.05) is 26.0 Å². The summed E-state index contributed by atoms with van der Waals surface area (Å²) in [7, 11) is 0. The molecule has 0 aliphatic carbocycles. The van der Waals surface area contributed by atoms with Crippen LogP contribution < -0.4 is 10.2 Å². The molecule has 0 saturated carbocycles. The predicted octanol–water partition coefficient (Wildman–Crippen LogP) is 4.81. The number of rotatable bonds is 8. The molecule has 0 spiro atoms. The van der Waals surface area contributed by atoms with E-state index in [1.54, 1.807) is 24.3 Å². The van der Waals surface area contributed by atoms with Crippen LogP contribution in [0.3, 0.4) is 0 Å². The number of nitrogens with one attached hydrogen (secondary N) is 1. The standard InChI is InChI=1S/C23H21N3O5/c1-16-12-17(2)14-20(13-16)30-15-19-9-10-22(31-19)23(27)25-24-11-5-7-18-6-3-4-8-21(18)26(28)29/h3-14H,15H2,1-2H3,(H,25,27)/b7-5-,24-11?. The Hall–Kier alpha value is -4.20. The Kier molecular flexibility index (Phi) is 6.95. The molecular weight excluding hydrogens is 398 g/mol. The van der Waals surface area contributed by atoms with Gasteiger partial charge in [-0.25, -0.2) is 5.43 Å². The lowest BCUT2D eigenvalue weighted by molar-refractivity contribution is -0.385. The van der Waals surface area contributed by atoms with Crippen LogP contribution in [0.2, 0.25) is 0 Å². The molecule has 0 aliphatic rings. The molecular formula is C23H21N3O5. The van der Waals surface area contributed by atoms with Gasteiger partial charge in [-0.2, -0.15) is 5.10 Å². The lowest BCUT2D eigenvalue weighted by atomic mass is 10.1. The van der Waals surface area contributed by atoms with E-state index in [0.717, 1.165) is 16.9 Å². The highest BCUT2D eigenvalue weighted by Gasteiger charge is 2.11. The van der Waals surface area contributed by atoms with Crippen LogP contribution in [-0.2, 0) is 6.61 Å². The van der Waals surface area contributed by atoms with E-state index in [-0.39, 0.29) is 18.1 Å². The first-order valence-corrected chi connectivity index (χ1v) is 9.45. The first-order chi connectivity index (χ1) is 14.9. The molecule has 0 saturated heterocycles. The van der Waals surface area contributed by atoms with Gasteiger partial charge in [-0.3, -0.25) is 14.9 Å². The van der Waals surface area contributed by atoms with Crippen LogP contribution >= 0.6 is 0 Å². The van der Waals surface area contributed by atoms with E-state index in [4.69, 9.17) is 9.15 Å². The number of hydrazone groups is 1. The zero-order valence-corrected chi connectivity index (χ0v) is 17.1. The van der Waals surface area contributed by atoms with E-state index >= 15 is 0 Å². The molecule has 0 aliphatic heterocycles. The molecule has 8 heteroatoms. The number of amides is 1. The van der Waals surface area contributed by atoms with E-state index in [0.29, 0.717) is 11.3 Å². The van der Waals surface area contributed by atoms with Gasteiger partial charge in [0.1, 0.15) is 18.1 Å². The lowest BCUT2D eigenvalue weighted by Gasteiger charge is -2.06. The minimum Gasteiger partial charge on any atom is -0.486 e. The quantitative estimate of drug-likeness (QED) is 0.320. The minimum absolute atomic E-state index is 0.0117. The van der Waals surface area contributed by atoms with Crippen LogP contribution in [0.4, 0.5) is 5.69 Å². The Bertz CT molecular complexity index is 1130. The van der Waals surface area contributed by atoms with Crippen LogP contribution in [-0.4, -0.2) is 17.0 Å². The summed E-state index contributed by atoms with van der Waals surface area (Å²) in [6.45, 7) is 4.18. The number of allylic oxidation sites excluding steroid dienone is 1. The topological polar surface area (TPSA) is 107 Å². The third-order valence-corrected chi connectivity index (χ3v) is 4.20. The number of hydrogen-bond acceptors (Lipinski definition) is 6. The van der Waals surface area contributed by atoms with E-state index in [1.165, 1.54) is 30.5 Å². The summed E-state index contributed by atoms with van der Waals surface area (Å²) < 4.78 is 11.2. The largest absolute Gasteiger partial charge is 0.486 e. The number of carbonyl (C=O) groups excluding carboxylic acids is 1. The summed E-state index contributed by atoms with van der Waals surface area (Å²) in [6.07, 6.45) is 4.35. The van der Waals surface area contributed by atoms with E-state index < -0.39 is 10.8 Å². The Morgan fingerprint density at radius 3 is 2.65 bits per heavy atom. The van der Waals surface area contributed by atoms with Crippen molar-refractivity contribution in [1.29, 1.82) is 0 Å². The van der Waals surface area contributed by atoms with Gasteiger partial charge in [-0.15, -0.1) is 0 Å². The van der Waals surface area contributed by atoms with Crippen molar-refractivity contribution in [2.75, 3.05) is 0 Å². The Morgan fingerprint density at radius 1 is 1.16 bits per heavy atom. The van der Waals surface area contributed by atoms with Crippen LogP contribution in [0.25, 0.3) is 6.08 Å². The number of furan rings is 1. The van der Waals surface area contributed by atoms with Crippen molar-refractivity contribution in [3.05, 3.63) is 99.0 Å². The molecule has 0 bridgehead atoms. The number of benzene rings is 2. The summed E-state index contributed by atoms with van der Waals surface area (Å²) in [5.74, 6) is 0.811. The molecule has 3 aromatic rings. The molecule has 0 radical (unpaired) electrons. The first kappa shape index (κ1) is 21.5. The molecule has 31 heavy (non-hydrogen) atoms. The van der Waals surface area contributed by atoms with Crippen molar-refractivity contribution in [3.8, 4) is 5.75 Å². The minimum atomic E-state index is -0.520. The van der Waals surface area contributed by atoms with Gasteiger partial charge in [0.25, 0.3) is 5.69 Å². The number of ether oxygens (including phenoxy) is 1. The zero-order valence-electron chi connectivity index (χ0n) is 17.1. The number of nitro benzene ring substituents is 1. The average Bonchev–Trinajstić information content (AvgIpc) is 3.20. The molecule has 2 aromatic carbocycles. The van der Waals surface area contributed by atoms with Gasteiger partial charge < -0.3 is 9.15 Å². The molecule has 1 N–H and O–H groups in total. The molecule has 1 amide bonds. The number of para-hydroxylation sites is 1. The van der Waals surface area contributed by atoms with Crippen LogP contribution in [0.1, 0.15) is 33.0 Å². The normalized spacial score (nSPS) is 11.2. The summed E-state index contributed by atoms with van der Waals surface area (Å²) in [5.41, 5.74) is 4.96. The van der Waals surface area contributed by atoms with Crippen molar-refractivity contribution in [2.45, 2.75) is 20.5 Å². The van der Waals surface area contributed by atoms with Gasteiger partial charge in [0.05, 0.1) is 10.5 Å². The first-order valence-electron chi connectivity index (χ1n) is 9.45. The van der Waals surface area contributed by atoms with Crippen molar-refractivity contribution >= 4 is 23.9 Å². The monoisotopic (exact) mass is 419 g/mol. The number of nitrogens with zero attached hydrogens (tertiary/aromatic N) is 2. The zero-order chi connectivity index (χ0) is 22.2. The summed E-state index contributed by atoms with van der Waals surface area (Å²) in [6, 6.07) is 15.4. The smallest absolute Gasteiger partial charge is 0.307 e. The van der Waals surface area contributed by atoms with Gasteiger partial charge >= 0.3 is 5.91 Å². The lowest BCUT2D eigenvalue weighted by Crippen LogP contribution is -2.16. The Balaban J connectivity index is 1.52. The van der Waals surface area contributed by atoms with Crippen LogP contribution in [0, 0.1) is 24.0 Å². The fraction of sp³-hybridized carbons (Fsp3) is 0.130. The Labute approximate surface area is 179 Å². The van der Waals surface area contributed by atoms with E-state index in [9.17, 15) is 14.9 Å². The molecule has 0 unspecified atom stereocenters. The number of carbonyl (C=O) groups is 1. The fourth-order valence-corrected chi connectivity index (χ4v) is 2.88. The predicted molar refractivity (Wildman–Crippen MR) is 117 cm³/mol. The maximum absolute atomic E-state index is 12.1. The van der Waals surface area contributed by atoms with Gasteiger partial charge in [0.15, 0.2) is 5.76 Å². The molecule has 1 heterocycles. The molecule has 3 rings (SSSR count). The fourth-order valence-electron chi connectivity index (χ4n) is 2.88. The van der Waals surface area contributed by atoms with Gasteiger partial charge in [0, 0.05) is 12.3 Å². The highest BCUT2D eigenvalue weighted by Crippen LogP contribution is 2.19.